The SMILES string of the molecule is C=NC(=N)C(/C=C(\C)c1cc(S(=O)(=O)N=CC23CC2C(C)C3O)ccc1C)C1=NC(C)NO1. The second-order valence-electron chi connectivity index (χ2n) is 9.15. The summed E-state index contributed by atoms with van der Waals surface area (Å²) in [6, 6.07) is 4.84. The maximum Gasteiger partial charge on any atom is 0.282 e. The lowest BCUT2D eigenvalue weighted by Crippen LogP contribution is -2.43. The first-order valence-corrected chi connectivity index (χ1v) is 12.3. The highest BCUT2D eigenvalue weighted by molar-refractivity contribution is 7.90. The number of amidine groups is 1. The molecule has 0 spiro atoms. The Kier molecular flexibility index (Phi) is 5.88. The van der Waals surface area contributed by atoms with Gasteiger partial charge in [-0.25, -0.2) is 9.98 Å². The first kappa shape index (κ1) is 23.5. The number of aryl methyl sites for hydroxylation is 1. The molecule has 4 rings (SSSR count). The summed E-state index contributed by atoms with van der Waals surface area (Å²) in [5.74, 6) is 0.110. The predicted molar refractivity (Wildman–Crippen MR) is 128 cm³/mol. The van der Waals surface area contributed by atoms with Gasteiger partial charge in [0.05, 0.1) is 11.0 Å². The number of rotatable bonds is 7. The Balaban J connectivity index is 1.63. The predicted octanol–water partition coefficient (Wildman–Crippen LogP) is 2.75. The van der Waals surface area contributed by atoms with Gasteiger partial charge in [0.15, 0.2) is 0 Å². The highest BCUT2D eigenvalue weighted by Crippen LogP contribution is 2.69. The number of aliphatic hydroxyl groups excluding tert-OH is 1. The molecule has 1 aliphatic heterocycles. The van der Waals surface area contributed by atoms with Crippen LogP contribution in [0.1, 0.15) is 38.3 Å². The lowest BCUT2D eigenvalue weighted by molar-refractivity contribution is -0.00475. The van der Waals surface area contributed by atoms with Gasteiger partial charge in [-0.3, -0.25) is 5.41 Å². The van der Waals surface area contributed by atoms with Gasteiger partial charge in [-0.05, 0) is 74.6 Å². The van der Waals surface area contributed by atoms with Crippen molar-refractivity contribution in [2.45, 2.75) is 51.3 Å². The number of aliphatic imine (C=N–C) groups is 2. The average Bonchev–Trinajstić information content (AvgIpc) is 3.31. The van der Waals surface area contributed by atoms with Crippen LogP contribution in [-0.4, -0.2) is 50.5 Å². The third-order valence-electron chi connectivity index (χ3n) is 6.95. The lowest BCUT2D eigenvalue weighted by atomic mass is 9.73. The summed E-state index contributed by atoms with van der Waals surface area (Å²) in [5, 5.41) is 18.4. The summed E-state index contributed by atoms with van der Waals surface area (Å²) in [6.07, 6.45) is 3.18. The van der Waals surface area contributed by atoms with Crippen molar-refractivity contribution in [3.05, 3.63) is 35.4 Å². The first-order chi connectivity index (χ1) is 15.5. The van der Waals surface area contributed by atoms with Gasteiger partial charge in [0.2, 0.25) is 5.90 Å². The van der Waals surface area contributed by atoms with Crippen LogP contribution in [0.15, 0.2) is 43.6 Å². The maximum atomic E-state index is 12.9. The van der Waals surface area contributed by atoms with Crippen molar-refractivity contribution in [3.63, 3.8) is 0 Å². The number of hydrogen-bond donors (Lipinski definition) is 3. The van der Waals surface area contributed by atoms with Gasteiger partial charge in [0.25, 0.3) is 10.0 Å². The Hall–Kier alpha value is -2.69. The third kappa shape index (κ3) is 4.07. The quantitative estimate of drug-likeness (QED) is 0.415. The number of hydroxylamine groups is 1. The zero-order valence-corrected chi connectivity index (χ0v) is 19.9. The van der Waals surface area contributed by atoms with Crippen LogP contribution in [0.25, 0.3) is 5.57 Å². The first-order valence-electron chi connectivity index (χ1n) is 10.8. The molecule has 9 nitrogen and oxygen atoms in total. The number of aliphatic hydroxyl groups is 1. The van der Waals surface area contributed by atoms with E-state index in [0.717, 1.165) is 17.6 Å². The van der Waals surface area contributed by atoms with Crippen LogP contribution in [0.4, 0.5) is 0 Å². The fraction of sp³-hybridized carbons (Fsp3) is 0.478. The van der Waals surface area contributed by atoms with Crippen molar-refractivity contribution in [1.29, 1.82) is 5.41 Å². The fourth-order valence-electron chi connectivity index (χ4n) is 4.81. The number of nitrogens with zero attached hydrogens (tertiary/aromatic N) is 3. The number of hydrogen-bond acceptors (Lipinski definition) is 7. The second-order valence-corrected chi connectivity index (χ2v) is 10.8. The summed E-state index contributed by atoms with van der Waals surface area (Å²) in [5.41, 5.74) is 4.55. The molecule has 0 saturated heterocycles. The molecule has 0 bridgehead atoms. The van der Waals surface area contributed by atoms with Crippen LogP contribution >= 0.6 is 0 Å². The molecule has 0 aromatic heterocycles. The molecule has 33 heavy (non-hydrogen) atoms. The summed E-state index contributed by atoms with van der Waals surface area (Å²) < 4.78 is 29.8. The van der Waals surface area contributed by atoms with E-state index in [0.29, 0.717) is 17.4 Å². The van der Waals surface area contributed by atoms with Crippen molar-refractivity contribution in [3.8, 4) is 0 Å². The number of sulfonamides is 1. The van der Waals surface area contributed by atoms with Crippen LogP contribution in [-0.2, 0) is 14.9 Å². The monoisotopic (exact) mass is 471 g/mol. The highest BCUT2D eigenvalue weighted by atomic mass is 32.2. The molecule has 3 aliphatic rings. The molecule has 1 heterocycles. The van der Waals surface area contributed by atoms with E-state index in [2.05, 4.69) is 26.6 Å². The van der Waals surface area contributed by atoms with Crippen LogP contribution in [0, 0.1) is 35.5 Å². The smallest absolute Gasteiger partial charge is 0.282 e. The molecule has 0 radical (unpaired) electrons. The molecule has 2 aliphatic carbocycles. The van der Waals surface area contributed by atoms with Gasteiger partial charge in [0.1, 0.15) is 17.9 Å². The van der Waals surface area contributed by atoms with E-state index in [1.807, 2.05) is 27.7 Å². The van der Waals surface area contributed by atoms with E-state index in [1.165, 1.54) is 12.3 Å². The van der Waals surface area contributed by atoms with E-state index in [9.17, 15) is 13.5 Å². The van der Waals surface area contributed by atoms with Crippen LogP contribution in [0.5, 0.6) is 0 Å². The minimum absolute atomic E-state index is 0.0263. The maximum absolute atomic E-state index is 12.9. The van der Waals surface area contributed by atoms with Crippen molar-refractivity contribution in [1.82, 2.24) is 5.48 Å². The molecule has 2 saturated carbocycles. The Morgan fingerprint density at radius 3 is 2.76 bits per heavy atom. The number of allylic oxidation sites excluding steroid dienone is 1. The van der Waals surface area contributed by atoms with Gasteiger partial charge in [-0.2, -0.15) is 12.8 Å². The largest absolute Gasteiger partial charge is 0.392 e. The van der Waals surface area contributed by atoms with E-state index in [1.54, 1.807) is 18.2 Å². The fourth-order valence-corrected chi connectivity index (χ4v) is 5.77. The molecule has 10 heteroatoms. The minimum atomic E-state index is -3.93. The van der Waals surface area contributed by atoms with Crippen molar-refractivity contribution in [2.75, 3.05) is 0 Å². The minimum Gasteiger partial charge on any atom is -0.392 e. The topological polar surface area (TPSA) is 137 Å². The zero-order valence-electron chi connectivity index (χ0n) is 19.1. The standard InChI is InChI=1S/C23H29N5O4S/c1-12-6-7-16(33(30,31)26-11-23-10-19(23)14(3)20(23)29)9-17(12)13(2)8-18(21(24)25-5)22-27-15(4)28-32-22/h6-9,11,14-15,18-20,24,28-29H,5,10H2,1-4H3/b13-8+,24-21?,26-11?. The van der Waals surface area contributed by atoms with Gasteiger partial charge in [-0.1, -0.05) is 19.1 Å². The molecule has 1 aromatic rings. The van der Waals surface area contributed by atoms with Gasteiger partial charge >= 0.3 is 0 Å². The molecule has 1 aromatic carbocycles. The molecule has 0 amide bonds. The average molecular weight is 472 g/mol. The van der Waals surface area contributed by atoms with E-state index >= 15 is 0 Å². The third-order valence-corrected chi connectivity index (χ3v) is 8.19. The molecule has 6 unspecified atom stereocenters. The van der Waals surface area contributed by atoms with Gasteiger partial charge in [0, 0.05) is 11.6 Å². The Labute approximate surface area is 193 Å². The summed E-state index contributed by atoms with van der Waals surface area (Å²) in [6.45, 7) is 10.9. The Bertz CT molecular complexity index is 1210. The Morgan fingerprint density at radius 1 is 1.45 bits per heavy atom. The molecule has 2 fully saturated rings. The van der Waals surface area contributed by atoms with Crippen LogP contribution < -0.4 is 5.48 Å². The molecular formula is C23H29N5O4S. The molecule has 6 atom stereocenters. The van der Waals surface area contributed by atoms with E-state index in [-0.39, 0.29) is 22.8 Å². The van der Waals surface area contributed by atoms with Gasteiger partial charge in [-0.15, -0.1) is 5.48 Å². The second kappa shape index (κ2) is 8.27. The number of benzene rings is 1. The van der Waals surface area contributed by atoms with Crippen LogP contribution in [0.3, 0.4) is 0 Å². The lowest BCUT2D eigenvalue weighted by Gasteiger charge is -2.35. The molecular weight excluding hydrogens is 442 g/mol. The van der Waals surface area contributed by atoms with E-state index in [4.69, 9.17) is 10.2 Å². The van der Waals surface area contributed by atoms with Crippen molar-refractivity contribution in [2.24, 2.45) is 37.6 Å². The number of fused-ring (bicyclic) bond motifs is 1. The summed E-state index contributed by atoms with van der Waals surface area (Å²) in [4.78, 5) is 13.5. The zero-order chi connectivity index (χ0) is 24.1. The summed E-state index contributed by atoms with van der Waals surface area (Å²) >= 11 is 0. The summed E-state index contributed by atoms with van der Waals surface area (Å²) in [7, 11) is -3.93. The molecule has 176 valence electrons. The number of nitrogens with one attached hydrogen (secondary N) is 2. The highest BCUT2D eigenvalue weighted by Gasteiger charge is 2.71. The van der Waals surface area contributed by atoms with Gasteiger partial charge < -0.3 is 9.94 Å². The Morgan fingerprint density at radius 2 is 2.18 bits per heavy atom. The van der Waals surface area contributed by atoms with Crippen molar-refractivity contribution < 1.29 is 18.4 Å². The molecule has 3 N–H and O–H groups in total. The van der Waals surface area contributed by atoms with Crippen LogP contribution in [0.2, 0.25) is 0 Å². The van der Waals surface area contributed by atoms with E-state index < -0.39 is 27.5 Å². The normalized spacial score (nSPS) is 31.9. The van der Waals surface area contributed by atoms with Crippen molar-refractivity contribution >= 4 is 40.3 Å².